The number of benzene rings is 4. The van der Waals surface area contributed by atoms with Crippen molar-refractivity contribution in [1.29, 1.82) is 0 Å². The predicted octanol–water partition coefficient (Wildman–Crippen LogP) is 8.06. The Hall–Kier alpha value is -3.56. The largest absolute Gasteiger partial charge is 0.361 e. The second kappa shape index (κ2) is 14.7. The molecule has 0 radical (unpaired) electrons. The summed E-state index contributed by atoms with van der Waals surface area (Å²) in [6.07, 6.45) is 6.20. The third-order valence-electron chi connectivity index (χ3n) is 9.58. The van der Waals surface area contributed by atoms with E-state index in [0.717, 1.165) is 24.0 Å². The molecule has 8 heteroatoms. The molecule has 4 aromatic carbocycles. The average Bonchev–Trinajstić information content (AvgIpc) is 3.69. The zero-order valence-electron chi connectivity index (χ0n) is 27.9. The highest BCUT2D eigenvalue weighted by atomic mass is 32.2. The Bertz CT molecular complexity index is 1860. The van der Waals surface area contributed by atoms with Gasteiger partial charge in [0.15, 0.2) is 9.84 Å². The maximum absolute atomic E-state index is 12.5. The van der Waals surface area contributed by atoms with Gasteiger partial charge in [-0.2, -0.15) is 0 Å². The van der Waals surface area contributed by atoms with E-state index in [1.165, 1.54) is 51.5 Å². The van der Waals surface area contributed by atoms with Gasteiger partial charge in [0.05, 0.1) is 22.0 Å². The summed E-state index contributed by atoms with van der Waals surface area (Å²) in [5, 5.41) is 1.23. The highest BCUT2D eigenvalue weighted by Crippen LogP contribution is 2.47. The average molecular weight is 667 g/mol. The molecule has 0 spiro atoms. The Balaban J connectivity index is 0.000000172. The molecule has 5 aromatic rings. The number of para-hydroxylation sites is 2. The number of aromatic nitrogens is 1. The fourth-order valence-corrected chi connectivity index (χ4v) is 8.85. The molecule has 47 heavy (non-hydrogen) atoms. The van der Waals surface area contributed by atoms with E-state index in [1.807, 2.05) is 23.9 Å². The number of anilines is 2. The van der Waals surface area contributed by atoms with Crippen LogP contribution in [0.15, 0.2) is 118 Å². The summed E-state index contributed by atoms with van der Waals surface area (Å²) in [5.41, 5.74) is 6.18. The first-order valence-corrected chi connectivity index (χ1v) is 19.0. The van der Waals surface area contributed by atoms with Crippen LogP contribution in [0.4, 0.5) is 11.4 Å². The van der Waals surface area contributed by atoms with Gasteiger partial charge in [-0.15, -0.1) is 0 Å². The minimum Gasteiger partial charge on any atom is -0.361 e. The first-order chi connectivity index (χ1) is 22.7. The van der Waals surface area contributed by atoms with Crippen LogP contribution >= 0.6 is 11.8 Å². The molecule has 1 N–H and O–H groups in total. The monoisotopic (exact) mass is 666 g/mol. The van der Waals surface area contributed by atoms with Crippen molar-refractivity contribution in [2.75, 3.05) is 44.9 Å². The van der Waals surface area contributed by atoms with Gasteiger partial charge in [0.25, 0.3) is 0 Å². The van der Waals surface area contributed by atoms with E-state index in [-0.39, 0.29) is 5.75 Å². The van der Waals surface area contributed by atoms with E-state index in [9.17, 15) is 8.42 Å². The number of likely N-dealkylation sites (tertiary alicyclic amines) is 1. The van der Waals surface area contributed by atoms with Gasteiger partial charge in [0, 0.05) is 45.5 Å². The number of nitrogens with one attached hydrogen (secondary N) is 1. The van der Waals surface area contributed by atoms with E-state index in [0.29, 0.717) is 23.4 Å². The minimum absolute atomic E-state index is 0.133. The molecule has 7 rings (SSSR count). The lowest BCUT2D eigenvalue weighted by Gasteiger charge is -2.36. The van der Waals surface area contributed by atoms with Gasteiger partial charge < -0.3 is 19.7 Å². The number of aromatic amines is 1. The molecule has 0 bridgehead atoms. The van der Waals surface area contributed by atoms with Crippen molar-refractivity contribution in [3.63, 3.8) is 0 Å². The third-order valence-corrected chi connectivity index (χ3v) is 12.4. The summed E-state index contributed by atoms with van der Waals surface area (Å²) in [4.78, 5) is 13.6. The number of rotatable bonds is 9. The Labute approximate surface area is 284 Å². The molecule has 0 amide bonds. The zero-order chi connectivity index (χ0) is 33.0. The number of nitrogens with zero attached hydrogens (tertiary/aromatic N) is 3. The van der Waals surface area contributed by atoms with Crippen LogP contribution in [0.3, 0.4) is 0 Å². The third kappa shape index (κ3) is 7.78. The lowest BCUT2D eigenvalue weighted by Crippen LogP contribution is -2.37. The van der Waals surface area contributed by atoms with E-state index in [4.69, 9.17) is 0 Å². The number of hydrogen-bond donors (Lipinski definition) is 1. The molecule has 1 aromatic heterocycles. The van der Waals surface area contributed by atoms with Crippen molar-refractivity contribution in [2.45, 2.75) is 59.4 Å². The highest BCUT2D eigenvalue weighted by molar-refractivity contribution is 7.99. The maximum atomic E-state index is 12.5. The molecule has 2 aliphatic rings. The van der Waals surface area contributed by atoms with Gasteiger partial charge in [0.2, 0.25) is 0 Å². The molecular formula is C39H46N4O2S2. The second-order valence-corrected chi connectivity index (χ2v) is 16.2. The fourth-order valence-electron chi connectivity index (χ4n) is 6.44. The summed E-state index contributed by atoms with van der Waals surface area (Å²) < 4.78 is 25.1. The van der Waals surface area contributed by atoms with E-state index >= 15 is 0 Å². The number of aryl methyl sites for hydroxylation is 1. The summed E-state index contributed by atoms with van der Waals surface area (Å²) in [7, 11) is 3.23. The molecular weight excluding hydrogens is 621 g/mol. The number of hydrogen-bond acceptors (Lipinski definition) is 6. The first kappa shape index (κ1) is 33.3. The Kier molecular flexibility index (Phi) is 10.4. The summed E-state index contributed by atoms with van der Waals surface area (Å²) in [6, 6.07) is 33.4. The molecule has 1 saturated heterocycles. The SMILES string of the molecule is CC(CN1c2ccccc2Sc2ccccc21)N(C)C.CN1CCC[C@@H]1Cc1c[nH]c2ccc(CCS(=O)(=O)c3ccccc3)cc12. The Morgan fingerprint density at radius 2 is 1.57 bits per heavy atom. The van der Waals surface area contributed by atoms with Gasteiger partial charge >= 0.3 is 0 Å². The number of likely N-dealkylation sites (N-methyl/N-ethyl adjacent to an activating group) is 2. The van der Waals surface area contributed by atoms with Crippen LogP contribution in [0, 0.1) is 0 Å². The standard InChI is InChI=1S/C22H26N2O2S.C17H20N2S/c1-24-12-5-6-19(24)15-18-16-23-22-10-9-17(14-21(18)22)11-13-27(25,26)20-7-3-2-4-8-20;1-13(18(2)3)12-19-14-8-4-6-10-16(14)20-17-11-7-5-9-15(17)19/h2-4,7-10,14,16,19,23H,5-6,11-13,15H2,1H3;4-11,13H,12H2,1-3H3/t19-;/m1./s1. The molecule has 0 saturated carbocycles. The van der Waals surface area contributed by atoms with E-state index in [2.05, 4.69) is 115 Å². The second-order valence-electron chi connectivity index (χ2n) is 13.0. The van der Waals surface area contributed by atoms with Crippen LogP contribution in [0.5, 0.6) is 0 Å². The van der Waals surface area contributed by atoms with E-state index < -0.39 is 9.84 Å². The van der Waals surface area contributed by atoms with Gasteiger partial charge in [0.1, 0.15) is 0 Å². The molecule has 1 unspecified atom stereocenters. The van der Waals surface area contributed by atoms with Crippen LogP contribution in [-0.2, 0) is 22.7 Å². The molecule has 2 atom stereocenters. The molecule has 6 nitrogen and oxygen atoms in total. The number of H-pyrrole nitrogens is 1. The summed E-state index contributed by atoms with van der Waals surface area (Å²) in [5.74, 6) is 0.133. The maximum Gasteiger partial charge on any atom is 0.178 e. The highest BCUT2D eigenvalue weighted by Gasteiger charge is 2.25. The van der Waals surface area contributed by atoms with Crippen molar-refractivity contribution in [3.05, 3.63) is 114 Å². The lowest BCUT2D eigenvalue weighted by atomic mass is 10.0. The molecule has 3 heterocycles. The first-order valence-electron chi connectivity index (χ1n) is 16.6. The van der Waals surface area contributed by atoms with Crippen LogP contribution < -0.4 is 4.90 Å². The van der Waals surface area contributed by atoms with Crippen molar-refractivity contribution < 1.29 is 8.42 Å². The van der Waals surface area contributed by atoms with Gasteiger partial charge in [-0.25, -0.2) is 8.42 Å². The van der Waals surface area contributed by atoms with Crippen molar-refractivity contribution in [2.24, 2.45) is 0 Å². The van der Waals surface area contributed by atoms with Crippen LogP contribution in [0.1, 0.15) is 30.9 Å². The van der Waals surface area contributed by atoms with Crippen molar-refractivity contribution in [3.8, 4) is 0 Å². The molecule has 246 valence electrons. The number of fused-ring (bicyclic) bond motifs is 3. The molecule has 0 aliphatic carbocycles. The van der Waals surface area contributed by atoms with Gasteiger partial charge in [-0.3, -0.25) is 0 Å². The quantitative estimate of drug-likeness (QED) is 0.172. The zero-order valence-corrected chi connectivity index (χ0v) is 29.5. The van der Waals surface area contributed by atoms with Crippen LogP contribution in [0.25, 0.3) is 10.9 Å². The van der Waals surface area contributed by atoms with Crippen molar-refractivity contribution >= 4 is 43.9 Å². The smallest absolute Gasteiger partial charge is 0.178 e. The van der Waals surface area contributed by atoms with Crippen molar-refractivity contribution in [1.82, 2.24) is 14.8 Å². The fraction of sp³-hybridized carbons (Fsp3) is 0.333. The van der Waals surface area contributed by atoms with Gasteiger partial charge in [-0.05, 0) is 120 Å². The summed E-state index contributed by atoms with van der Waals surface area (Å²) in [6.45, 7) is 4.45. The topological polar surface area (TPSA) is 59.6 Å². The lowest BCUT2D eigenvalue weighted by molar-refractivity contribution is 0.310. The van der Waals surface area contributed by atoms with Crippen LogP contribution in [0.2, 0.25) is 0 Å². The Morgan fingerprint density at radius 1 is 0.915 bits per heavy atom. The number of sulfone groups is 1. The molecule has 2 aliphatic heterocycles. The Morgan fingerprint density at radius 3 is 2.21 bits per heavy atom. The normalized spacial score (nSPS) is 16.9. The van der Waals surface area contributed by atoms with Crippen LogP contribution in [-0.4, -0.2) is 75.3 Å². The molecule has 1 fully saturated rings. The summed E-state index contributed by atoms with van der Waals surface area (Å²) >= 11 is 1.87. The predicted molar refractivity (Wildman–Crippen MR) is 197 cm³/mol. The van der Waals surface area contributed by atoms with E-state index in [1.54, 1.807) is 24.3 Å². The van der Waals surface area contributed by atoms with Gasteiger partial charge in [-0.1, -0.05) is 60.3 Å². The minimum atomic E-state index is -3.25.